The van der Waals surface area contributed by atoms with Crippen molar-refractivity contribution in [2.75, 3.05) is 13.1 Å². The number of aromatic nitrogens is 2. The number of amides is 1. The third kappa shape index (κ3) is 3.32. The standard InChI is InChI=1S/C25H20FN3O3/c1-2-24(31)28-12-15(13-28)14-29-23-10-21(26)20(9-22(23)27-11-25(29)32)19-8-17(30)7-16-5-3-4-6-18(16)19/h2-11,15,30H,1,12-14H2. The van der Waals surface area contributed by atoms with Crippen molar-refractivity contribution in [1.82, 2.24) is 14.5 Å². The highest BCUT2D eigenvalue weighted by atomic mass is 19.1. The van der Waals surface area contributed by atoms with Gasteiger partial charge in [0.1, 0.15) is 11.6 Å². The predicted octanol–water partition coefficient (Wildman–Crippen LogP) is 3.71. The number of nitrogens with zero attached hydrogens (tertiary/aromatic N) is 3. The summed E-state index contributed by atoms with van der Waals surface area (Å²) in [5.74, 6) is -0.506. The Morgan fingerprint density at radius 2 is 1.97 bits per heavy atom. The Bertz CT molecular complexity index is 1450. The molecule has 1 fully saturated rings. The minimum atomic E-state index is -0.508. The van der Waals surface area contributed by atoms with Gasteiger partial charge in [0.25, 0.3) is 5.56 Å². The minimum absolute atomic E-state index is 0.0414. The molecule has 5 rings (SSSR count). The third-order valence-corrected chi connectivity index (χ3v) is 5.96. The molecule has 0 unspecified atom stereocenters. The fraction of sp³-hybridized carbons (Fsp3) is 0.160. The van der Waals surface area contributed by atoms with E-state index in [1.54, 1.807) is 17.0 Å². The summed E-state index contributed by atoms with van der Waals surface area (Å²) in [4.78, 5) is 30.1. The van der Waals surface area contributed by atoms with Crippen LogP contribution in [0.15, 0.2) is 72.2 Å². The van der Waals surface area contributed by atoms with Crippen LogP contribution in [0.5, 0.6) is 5.75 Å². The summed E-state index contributed by atoms with van der Waals surface area (Å²) in [6.45, 7) is 4.90. The first-order valence-electron chi connectivity index (χ1n) is 10.3. The molecule has 6 nitrogen and oxygen atoms in total. The fourth-order valence-electron chi connectivity index (χ4n) is 4.35. The van der Waals surface area contributed by atoms with Crippen LogP contribution in [-0.2, 0) is 11.3 Å². The van der Waals surface area contributed by atoms with Crippen LogP contribution in [-0.4, -0.2) is 38.6 Å². The lowest BCUT2D eigenvalue weighted by atomic mass is 9.96. The topological polar surface area (TPSA) is 75.4 Å². The van der Waals surface area contributed by atoms with Gasteiger partial charge in [-0.2, -0.15) is 0 Å². The smallest absolute Gasteiger partial charge is 0.269 e. The SMILES string of the molecule is C=CC(=O)N1CC(Cn2c(=O)cnc3cc(-c4cc(O)cc5ccccc45)c(F)cc32)C1. The molecule has 1 aromatic heterocycles. The van der Waals surface area contributed by atoms with Gasteiger partial charge in [0, 0.05) is 37.2 Å². The molecule has 1 aliphatic rings. The lowest BCUT2D eigenvalue weighted by Gasteiger charge is -2.39. The number of phenols is 1. The molecule has 1 N–H and O–H groups in total. The lowest BCUT2D eigenvalue weighted by Crippen LogP contribution is -2.51. The van der Waals surface area contributed by atoms with Crippen molar-refractivity contribution < 1.29 is 14.3 Å². The van der Waals surface area contributed by atoms with Crippen LogP contribution in [0.4, 0.5) is 4.39 Å². The number of hydrogen-bond donors (Lipinski definition) is 1. The van der Waals surface area contributed by atoms with E-state index in [4.69, 9.17) is 0 Å². The number of likely N-dealkylation sites (tertiary alicyclic amines) is 1. The largest absolute Gasteiger partial charge is 0.508 e. The summed E-state index contributed by atoms with van der Waals surface area (Å²) >= 11 is 0. The summed E-state index contributed by atoms with van der Waals surface area (Å²) in [6, 6.07) is 13.5. The zero-order valence-electron chi connectivity index (χ0n) is 17.2. The first-order chi connectivity index (χ1) is 15.4. The number of phenolic OH excluding ortho intramolecular Hbond substituents is 1. The van der Waals surface area contributed by atoms with E-state index in [1.165, 1.54) is 29.0 Å². The second-order valence-electron chi connectivity index (χ2n) is 8.06. The van der Waals surface area contributed by atoms with Crippen molar-refractivity contribution >= 4 is 27.7 Å². The molecule has 160 valence electrons. The molecule has 32 heavy (non-hydrogen) atoms. The summed E-state index contributed by atoms with van der Waals surface area (Å²) < 4.78 is 16.8. The summed E-state index contributed by atoms with van der Waals surface area (Å²) in [7, 11) is 0. The number of fused-ring (bicyclic) bond motifs is 2. The molecule has 2 heterocycles. The van der Waals surface area contributed by atoms with Crippen LogP contribution >= 0.6 is 0 Å². The van der Waals surface area contributed by atoms with Gasteiger partial charge in [-0.3, -0.25) is 9.59 Å². The second kappa shape index (κ2) is 7.60. The van der Waals surface area contributed by atoms with Gasteiger partial charge in [0.2, 0.25) is 5.91 Å². The Morgan fingerprint density at radius 3 is 2.75 bits per heavy atom. The minimum Gasteiger partial charge on any atom is -0.508 e. The van der Waals surface area contributed by atoms with Gasteiger partial charge < -0.3 is 14.6 Å². The number of hydrogen-bond acceptors (Lipinski definition) is 4. The Morgan fingerprint density at radius 1 is 1.19 bits per heavy atom. The highest BCUT2D eigenvalue weighted by Crippen LogP contribution is 2.35. The Balaban J connectivity index is 1.58. The zero-order valence-corrected chi connectivity index (χ0v) is 17.2. The summed E-state index contributed by atoms with van der Waals surface area (Å²) in [6.07, 6.45) is 2.50. The molecule has 0 radical (unpaired) electrons. The Kier molecular flexibility index (Phi) is 4.74. The molecule has 0 bridgehead atoms. The maximum absolute atomic E-state index is 15.3. The van der Waals surface area contributed by atoms with E-state index < -0.39 is 5.82 Å². The number of carbonyl (C=O) groups is 1. The molecule has 0 atom stereocenters. The van der Waals surface area contributed by atoms with Gasteiger partial charge in [-0.1, -0.05) is 30.8 Å². The fourth-order valence-corrected chi connectivity index (χ4v) is 4.35. The number of carbonyl (C=O) groups excluding carboxylic acids is 1. The van der Waals surface area contributed by atoms with Gasteiger partial charge in [-0.25, -0.2) is 9.37 Å². The molecular formula is C25H20FN3O3. The van der Waals surface area contributed by atoms with E-state index in [2.05, 4.69) is 11.6 Å². The molecule has 4 aromatic rings. The van der Waals surface area contributed by atoms with Crippen LogP contribution in [0.3, 0.4) is 0 Å². The normalized spacial score (nSPS) is 14.0. The summed E-state index contributed by atoms with van der Waals surface area (Å²) in [5.41, 5.74) is 1.41. The molecule has 0 aliphatic carbocycles. The maximum atomic E-state index is 15.3. The molecule has 0 saturated carbocycles. The summed E-state index contributed by atoms with van der Waals surface area (Å²) in [5, 5.41) is 11.7. The zero-order chi connectivity index (χ0) is 22.4. The quantitative estimate of drug-likeness (QED) is 0.502. The first kappa shape index (κ1) is 19.9. The van der Waals surface area contributed by atoms with Crippen molar-refractivity contribution in [2.45, 2.75) is 6.54 Å². The van der Waals surface area contributed by atoms with Gasteiger partial charge in [-0.15, -0.1) is 0 Å². The average Bonchev–Trinajstić information content (AvgIpc) is 2.76. The molecule has 1 aliphatic heterocycles. The van der Waals surface area contributed by atoms with E-state index in [9.17, 15) is 14.7 Å². The monoisotopic (exact) mass is 429 g/mol. The molecular weight excluding hydrogens is 409 g/mol. The number of benzene rings is 3. The molecule has 1 saturated heterocycles. The van der Waals surface area contributed by atoms with Crippen LogP contribution in [0.2, 0.25) is 0 Å². The van der Waals surface area contributed by atoms with Crippen molar-refractivity contribution in [3.8, 4) is 16.9 Å². The maximum Gasteiger partial charge on any atom is 0.269 e. The number of halogens is 1. The van der Waals surface area contributed by atoms with Crippen LogP contribution in [0.1, 0.15) is 0 Å². The predicted molar refractivity (Wildman–Crippen MR) is 121 cm³/mol. The van der Waals surface area contributed by atoms with Crippen molar-refractivity contribution in [1.29, 1.82) is 0 Å². The van der Waals surface area contributed by atoms with Crippen molar-refractivity contribution in [3.05, 3.63) is 83.6 Å². The Hall–Kier alpha value is -4.00. The van der Waals surface area contributed by atoms with Crippen molar-refractivity contribution in [3.63, 3.8) is 0 Å². The highest BCUT2D eigenvalue weighted by molar-refractivity contribution is 5.99. The van der Waals surface area contributed by atoms with E-state index in [0.717, 1.165) is 10.8 Å². The lowest BCUT2D eigenvalue weighted by molar-refractivity contribution is -0.132. The third-order valence-electron chi connectivity index (χ3n) is 5.96. The van der Waals surface area contributed by atoms with Crippen molar-refractivity contribution in [2.24, 2.45) is 5.92 Å². The first-order valence-corrected chi connectivity index (χ1v) is 10.3. The Labute approximate surface area is 182 Å². The van der Waals surface area contributed by atoms with Gasteiger partial charge >= 0.3 is 0 Å². The second-order valence-corrected chi connectivity index (χ2v) is 8.06. The molecule has 0 spiro atoms. The van der Waals surface area contributed by atoms with Crippen LogP contribution < -0.4 is 5.56 Å². The van der Waals surface area contributed by atoms with Crippen LogP contribution in [0, 0.1) is 11.7 Å². The number of rotatable bonds is 4. The van der Waals surface area contributed by atoms with E-state index in [0.29, 0.717) is 41.8 Å². The van der Waals surface area contributed by atoms with E-state index in [1.807, 2.05) is 24.3 Å². The molecule has 7 heteroatoms. The molecule has 1 amide bonds. The average molecular weight is 429 g/mol. The van der Waals surface area contributed by atoms with E-state index in [-0.39, 0.29) is 23.1 Å². The van der Waals surface area contributed by atoms with Gasteiger partial charge in [0.05, 0.1) is 17.2 Å². The highest BCUT2D eigenvalue weighted by Gasteiger charge is 2.30. The van der Waals surface area contributed by atoms with Gasteiger partial charge in [-0.05, 0) is 40.6 Å². The van der Waals surface area contributed by atoms with E-state index >= 15 is 4.39 Å². The van der Waals surface area contributed by atoms with Crippen LogP contribution in [0.25, 0.3) is 32.9 Å². The van der Waals surface area contributed by atoms with Gasteiger partial charge in [0.15, 0.2) is 0 Å². The number of aromatic hydroxyl groups is 1. The molecule has 3 aromatic carbocycles.